The quantitative estimate of drug-likeness (QED) is 0.782. The lowest BCUT2D eigenvalue weighted by Gasteiger charge is -2.17. The molecule has 1 aliphatic heterocycles. The number of carbonyl (C=O) groups is 2. The number of halogens is 2. The SMILES string of the molecule is CN(C)C1=C(Cl)C(=O)N(c2ccc(Br)cc2)C1=O. The van der Waals surface area contributed by atoms with Crippen LogP contribution in [0.1, 0.15) is 0 Å². The summed E-state index contributed by atoms with van der Waals surface area (Å²) in [6, 6.07) is 6.89. The molecule has 4 nitrogen and oxygen atoms in total. The first-order chi connectivity index (χ1) is 8.43. The molecule has 6 heteroatoms. The fraction of sp³-hybridized carbons (Fsp3) is 0.167. The van der Waals surface area contributed by atoms with E-state index in [4.69, 9.17) is 11.6 Å². The Bertz CT molecular complexity index is 552. The minimum atomic E-state index is -0.493. The summed E-state index contributed by atoms with van der Waals surface area (Å²) >= 11 is 9.21. The minimum absolute atomic E-state index is 0.0482. The van der Waals surface area contributed by atoms with Crippen molar-refractivity contribution in [1.82, 2.24) is 4.90 Å². The molecule has 0 fully saturated rings. The van der Waals surface area contributed by atoms with Crippen LogP contribution in [0.2, 0.25) is 0 Å². The van der Waals surface area contributed by atoms with Crippen LogP contribution in [-0.2, 0) is 9.59 Å². The summed E-state index contributed by atoms with van der Waals surface area (Å²) in [4.78, 5) is 26.8. The van der Waals surface area contributed by atoms with Gasteiger partial charge in [0.1, 0.15) is 10.7 Å². The molecule has 0 aliphatic carbocycles. The number of imide groups is 1. The van der Waals surface area contributed by atoms with Crippen LogP contribution >= 0.6 is 27.5 Å². The zero-order valence-corrected chi connectivity index (χ0v) is 12.1. The van der Waals surface area contributed by atoms with Crippen molar-refractivity contribution in [2.24, 2.45) is 0 Å². The van der Waals surface area contributed by atoms with Crippen LogP contribution in [0.5, 0.6) is 0 Å². The average Bonchev–Trinajstić information content (AvgIpc) is 2.52. The van der Waals surface area contributed by atoms with Crippen molar-refractivity contribution in [2.75, 3.05) is 19.0 Å². The molecule has 1 aliphatic rings. The van der Waals surface area contributed by atoms with E-state index in [1.807, 2.05) is 0 Å². The first-order valence-electron chi connectivity index (χ1n) is 5.15. The Balaban J connectivity index is 2.42. The van der Waals surface area contributed by atoms with Gasteiger partial charge in [-0.2, -0.15) is 0 Å². The number of benzene rings is 1. The highest BCUT2D eigenvalue weighted by molar-refractivity contribution is 9.10. The third-order valence-electron chi connectivity index (χ3n) is 2.54. The molecule has 0 radical (unpaired) electrons. The first kappa shape index (κ1) is 13.1. The van der Waals surface area contributed by atoms with Crippen molar-refractivity contribution in [3.8, 4) is 0 Å². The monoisotopic (exact) mass is 328 g/mol. The van der Waals surface area contributed by atoms with Gasteiger partial charge < -0.3 is 4.90 Å². The number of nitrogens with zero attached hydrogens (tertiary/aromatic N) is 2. The molecule has 0 bridgehead atoms. The van der Waals surface area contributed by atoms with Crippen LogP contribution in [0, 0.1) is 0 Å². The number of amides is 2. The summed E-state index contributed by atoms with van der Waals surface area (Å²) in [6.45, 7) is 0. The molecule has 18 heavy (non-hydrogen) atoms. The van der Waals surface area contributed by atoms with Crippen molar-refractivity contribution in [3.05, 3.63) is 39.5 Å². The Kier molecular flexibility index (Phi) is 3.45. The summed E-state index contributed by atoms with van der Waals surface area (Å²) in [5.74, 6) is -0.898. The summed E-state index contributed by atoms with van der Waals surface area (Å²) in [6.07, 6.45) is 0. The second-order valence-corrected chi connectivity index (χ2v) is 5.27. The largest absolute Gasteiger partial charge is 0.372 e. The van der Waals surface area contributed by atoms with Crippen molar-refractivity contribution in [3.63, 3.8) is 0 Å². The summed E-state index contributed by atoms with van der Waals surface area (Å²) in [5, 5.41) is -0.0482. The molecule has 1 aromatic rings. The normalized spacial score (nSPS) is 15.7. The van der Waals surface area contributed by atoms with E-state index in [1.165, 1.54) is 0 Å². The maximum Gasteiger partial charge on any atom is 0.283 e. The molecular weight excluding hydrogens is 320 g/mol. The van der Waals surface area contributed by atoms with Gasteiger partial charge in [-0.25, -0.2) is 4.90 Å². The van der Waals surface area contributed by atoms with Gasteiger partial charge in [0.15, 0.2) is 0 Å². The Morgan fingerprint density at radius 2 is 1.67 bits per heavy atom. The second kappa shape index (κ2) is 4.74. The molecule has 94 valence electrons. The molecule has 0 N–H and O–H groups in total. The molecule has 1 heterocycles. The molecule has 0 unspecified atom stereocenters. The van der Waals surface area contributed by atoms with Gasteiger partial charge in [-0.1, -0.05) is 27.5 Å². The molecule has 0 aromatic heterocycles. The molecule has 1 aromatic carbocycles. The number of hydrogen-bond donors (Lipinski definition) is 0. The fourth-order valence-electron chi connectivity index (χ4n) is 1.70. The number of anilines is 1. The third-order valence-corrected chi connectivity index (χ3v) is 3.41. The minimum Gasteiger partial charge on any atom is -0.372 e. The topological polar surface area (TPSA) is 40.6 Å². The third kappa shape index (κ3) is 2.04. The zero-order valence-electron chi connectivity index (χ0n) is 9.78. The number of likely N-dealkylation sites (N-methyl/N-ethyl adjacent to an activating group) is 1. The zero-order chi connectivity index (χ0) is 13.4. The van der Waals surface area contributed by atoms with Gasteiger partial charge in [0, 0.05) is 18.6 Å². The van der Waals surface area contributed by atoms with Gasteiger partial charge in [-0.3, -0.25) is 9.59 Å². The molecule has 0 atom stereocenters. The lowest BCUT2D eigenvalue weighted by molar-refractivity contribution is -0.120. The summed E-state index contributed by atoms with van der Waals surface area (Å²) in [5.41, 5.74) is 0.716. The van der Waals surface area contributed by atoms with Gasteiger partial charge in [0.2, 0.25) is 0 Å². The second-order valence-electron chi connectivity index (χ2n) is 3.98. The van der Waals surface area contributed by atoms with E-state index in [9.17, 15) is 9.59 Å². The molecule has 0 saturated heterocycles. The number of hydrogen-bond acceptors (Lipinski definition) is 3. The summed E-state index contributed by atoms with van der Waals surface area (Å²) in [7, 11) is 3.35. The molecule has 2 amide bonds. The van der Waals surface area contributed by atoms with Crippen molar-refractivity contribution in [1.29, 1.82) is 0 Å². The van der Waals surface area contributed by atoms with Crippen molar-refractivity contribution in [2.45, 2.75) is 0 Å². The molecular formula is C12H10BrClN2O2. The van der Waals surface area contributed by atoms with Crippen molar-refractivity contribution < 1.29 is 9.59 Å². The van der Waals surface area contributed by atoms with Crippen LogP contribution in [0.4, 0.5) is 5.69 Å². The molecule has 0 spiro atoms. The highest BCUT2D eigenvalue weighted by Gasteiger charge is 2.39. The number of rotatable bonds is 2. The van der Waals surface area contributed by atoms with Crippen molar-refractivity contribution >= 4 is 45.0 Å². The van der Waals surface area contributed by atoms with Crippen LogP contribution in [-0.4, -0.2) is 30.8 Å². The average molecular weight is 330 g/mol. The number of carbonyl (C=O) groups excluding carboxylic acids is 2. The van der Waals surface area contributed by atoms with Gasteiger partial charge >= 0.3 is 0 Å². The van der Waals surface area contributed by atoms with E-state index < -0.39 is 11.8 Å². The van der Waals surface area contributed by atoms with E-state index in [0.29, 0.717) is 5.69 Å². The molecule has 0 saturated carbocycles. The van der Waals surface area contributed by atoms with E-state index in [2.05, 4.69) is 15.9 Å². The maximum absolute atomic E-state index is 12.2. The summed E-state index contributed by atoms with van der Waals surface area (Å²) < 4.78 is 0.872. The highest BCUT2D eigenvalue weighted by atomic mass is 79.9. The van der Waals surface area contributed by atoms with Crippen LogP contribution in [0.15, 0.2) is 39.5 Å². The lowest BCUT2D eigenvalue weighted by atomic mass is 10.3. The predicted molar refractivity (Wildman–Crippen MR) is 73.2 cm³/mol. The predicted octanol–water partition coefficient (Wildman–Crippen LogP) is 2.33. The van der Waals surface area contributed by atoms with Crippen LogP contribution in [0.25, 0.3) is 0 Å². The van der Waals surface area contributed by atoms with Gasteiger partial charge in [0.05, 0.1) is 5.69 Å². The first-order valence-corrected chi connectivity index (χ1v) is 6.32. The Morgan fingerprint density at radius 1 is 1.11 bits per heavy atom. The van der Waals surface area contributed by atoms with E-state index >= 15 is 0 Å². The van der Waals surface area contributed by atoms with E-state index in [0.717, 1.165) is 9.37 Å². The molecule has 2 rings (SSSR count). The highest BCUT2D eigenvalue weighted by Crippen LogP contribution is 2.30. The lowest BCUT2D eigenvalue weighted by Crippen LogP contribution is -2.33. The van der Waals surface area contributed by atoms with Gasteiger partial charge in [-0.15, -0.1) is 0 Å². The Morgan fingerprint density at radius 3 is 2.11 bits per heavy atom. The Hall–Kier alpha value is -1.33. The maximum atomic E-state index is 12.2. The van der Waals surface area contributed by atoms with Gasteiger partial charge in [0.25, 0.3) is 11.8 Å². The fourth-order valence-corrected chi connectivity index (χ4v) is 2.30. The standard InChI is InChI=1S/C12H10BrClN2O2/c1-15(2)10-9(14)11(17)16(12(10)18)8-5-3-7(13)4-6-8/h3-6H,1-2H3. The van der Waals surface area contributed by atoms with Crippen LogP contribution in [0.3, 0.4) is 0 Å². The smallest absolute Gasteiger partial charge is 0.283 e. The Labute approximate surface area is 118 Å². The van der Waals surface area contributed by atoms with Gasteiger partial charge in [-0.05, 0) is 24.3 Å². The van der Waals surface area contributed by atoms with E-state index in [1.54, 1.807) is 43.3 Å². The van der Waals surface area contributed by atoms with Crippen LogP contribution < -0.4 is 4.90 Å². The van der Waals surface area contributed by atoms with E-state index in [-0.39, 0.29) is 10.7 Å².